The molecular weight excluding hydrogens is 594 g/mol. The van der Waals surface area contributed by atoms with Crippen molar-refractivity contribution in [3.05, 3.63) is 98.7 Å². The van der Waals surface area contributed by atoms with Gasteiger partial charge in [-0.1, -0.05) is 18.2 Å². The second-order valence-corrected chi connectivity index (χ2v) is 10.0. The molecule has 4 aromatic heterocycles. The van der Waals surface area contributed by atoms with E-state index >= 15 is 0 Å². The summed E-state index contributed by atoms with van der Waals surface area (Å²) in [6.45, 7) is 1.30. The van der Waals surface area contributed by atoms with E-state index in [9.17, 15) is 9.59 Å². The van der Waals surface area contributed by atoms with E-state index in [0.717, 1.165) is 0 Å². The third-order valence-corrected chi connectivity index (χ3v) is 7.28. The zero-order valence-corrected chi connectivity index (χ0v) is 23.1. The Balaban J connectivity index is 1.55. The maximum absolute atomic E-state index is 13.7. The van der Waals surface area contributed by atoms with Crippen molar-refractivity contribution in [3.8, 4) is 34.6 Å². The van der Waals surface area contributed by atoms with Crippen LogP contribution >= 0.6 is 15.9 Å². The molecule has 1 atom stereocenters. The first-order valence-corrected chi connectivity index (χ1v) is 13.2. The molecule has 0 amide bonds. The number of carbonyl (C=O) groups is 1. The summed E-state index contributed by atoms with van der Waals surface area (Å²) in [6.07, 6.45) is 3.16. The molecule has 0 radical (unpaired) electrons. The van der Waals surface area contributed by atoms with E-state index in [2.05, 4.69) is 31.0 Å². The molecule has 0 aliphatic carbocycles. The highest BCUT2D eigenvalue weighted by atomic mass is 79.9. The average Bonchev–Trinajstić information content (AvgIpc) is 3.42. The van der Waals surface area contributed by atoms with Gasteiger partial charge in [0.15, 0.2) is 22.9 Å². The summed E-state index contributed by atoms with van der Waals surface area (Å²) in [7, 11) is 1.46. The smallest absolute Gasteiger partial charge is 0.344 e. The highest BCUT2D eigenvalue weighted by Crippen LogP contribution is 2.51. The number of nitrogens with zero attached hydrogens (tertiary/aromatic N) is 5. The second-order valence-electron chi connectivity index (χ2n) is 9.17. The summed E-state index contributed by atoms with van der Waals surface area (Å²) in [5.41, 5.74) is 2.13. The first kappa shape index (κ1) is 24.9. The lowest BCUT2D eigenvalue weighted by Crippen LogP contribution is -2.22. The molecule has 0 spiro atoms. The van der Waals surface area contributed by atoms with Gasteiger partial charge in [0.1, 0.15) is 17.6 Å². The zero-order chi connectivity index (χ0) is 28.2. The van der Waals surface area contributed by atoms with Crippen LogP contribution < -0.4 is 19.8 Å². The van der Waals surface area contributed by atoms with Gasteiger partial charge >= 0.3 is 11.6 Å². The first-order valence-electron chi connectivity index (χ1n) is 12.4. The van der Waals surface area contributed by atoms with Gasteiger partial charge in [0.05, 0.1) is 34.0 Å². The quantitative estimate of drug-likeness (QED) is 0.147. The van der Waals surface area contributed by atoms with Gasteiger partial charge < -0.3 is 18.6 Å². The maximum atomic E-state index is 13.7. The lowest BCUT2D eigenvalue weighted by atomic mass is 9.84. The molecule has 2 aromatic carbocycles. The standard InChI is InChI=1S/C29H18BrN5O6/c1-14(36)39-25-17(30)11-15(12-20(25)38-2)21-22-24(16-7-3-4-9-19(16)40-29(22)37)41-28-23(21)27-33-26(34-35(27)13-32-28)18-8-5-6-10-31-18/h3-13,21H,1-2H3. The van der Waals surface area contributed by atoms with Crippen LogP contribution in [-0.4, -0.2) is 37.6 Å². The molecule has 0 N–H and O–H groups in total. The average molecular weight is 612 g/mol. The number of hydrogen-bond donors (Lipinski definition) is 0. The Labute approximate surface area is 239 Å². The number of ether oxygens (including phenoxy) is 3. The minimum atomic E-state index is -0.775. The van der Waals surface area contributed by atoms with Gasteiger partial charge in [-0.15, -0.1) is 5.10 Å². The zero-order valence-electron chi connectivity index (χ0n) is 21.5. The third kappa shape index (κ3) is 4.02. The predicted octanol–water partition coefficient (Wildman–Crippen LogP) is 5.28. The van der Waals surface area contributed by atoms with Crippen molar-refractivity contribution in [1.82, 2.24) is 24.6 Å². The van der Waals surface area contributed by atoms with Crippen LogP contribution in [0.25, 0.3) is 28.1 Å². The second kappa shape index (κ2) is 9.52. The van der Waals surface area contributed by atoms with Gasteiger partial charge in [-0.05, 0) is 57.9 Å². The minimum Gasteiger partial charge on any atom is -0.493 e. The summed E-state index contributed by atoms with van der Waals surface area (Å²) >= 11 is 3.51. The molecule has 5 heterocycles. The van der Waals surface area contributed by atoms with E-state index in [4.69, 9.17) is 23.6 Å². The summed E-state index contributed by atoms with van der Waals surface area (Å²) in [6, 6.07) is 16.0. The Morgan fingerprint density at radius 1 is 1.07 bits per heavy atom. The molecule has 1 unspecified atom stereocenters. The van der Waals surface area contributed by atoms with Crippen LogP contribution in [0.5, 0.6) is 23.1 Å². The molecule has 0 saturated heterocycles. The third-order valence-electron chi connectivity index (χ3n) is 6.69. The number of halogens is 1. The molecular formula is C29H18BrN5O6. The van der Waals surface area contributed by atoms with E-state index in [1.807, 2.05) is 18.2 Å². The van der Waals surface area contributed by atoms with E-state index in [0.29, 0.717) is 49.5 Å². The van der Waals surface area contributed by atoms with Gasteiger partial charge in [-0.25, -0.2) is 19.3 Å². The predicted molar refractivity (Wildman–Crippen MR) is 150 cm³/mol. The number of esters is 1. The number of carbonyl (C=O) groups excluding carboxylic acids is 1. The Kier molecular flexibility index (Phi) is 5.78. The highest BCUT2D eigenvalue weighted by molar-refractivity contribution is 9.10. The van der Waals surface area contributed by atoms with Crippen molar-refractivity contribution in [2.75, 3.05) is 7.11 Å². The SMILES string of the molecule is COc1cc(C2c3c(c4ccccc4oc3=O)Oc3ncn4nc(-c5ccccn5)nc4c32)cc(Br)c1OC(C)=O. The van der Waals surface area contributed by atoms with Crippen LogP contribution in [0.15, 0.2) is 80.8 Å². The molecule has 202 valence electrons. The number of para-hydroxylation sites is 1. The fourth-order valence-corrected chi connectivity index (χ4v) is 5.56. The highest BCUT2D eigenvalue weighted by Gasteiger charge is 2.38. The van der Waals surface area contributed by atoms with Crippen molar-refractivity contribution in [2.45, 2.75) is 12.8 Å². The van der Waals surface area contributed by atoms with E-state index in [1.165, 1.54) is 24.9 Å². The van der Waals surface area contributed by atoms with E-state index < -0.39 is 17.5 Å². The largest absolute Gasteiger partial charge is 0.493 e. The van der Waals surface area contributed by atoms with Gasteiger partial charge in [-0.3, -0.25) is 9.78 Å². The van der Waals surface area contributed by atoms with Gasteiger partial charge in [0.2, 0.25) is 11.7 Å². The minimum absolute atomic E-state index is 0.207. The fourth-order valence-electron chi connectivity index (χ4n) is 5.02. The van der Waals surface area contributed by atoms with Crippen LogP contribution in [0, 0.1) is 0 Å². The van der Waals surface area contributed by atoms with Crippen LogP contribution in [-0.2, 0) is 4.79 Å². The number of benzene rings is 2. The van der Waals surface area contributed by atoms with Gasteiger partial charge in [0, 0.05) is 13.1 Å². The van der Waals surface area contributed by atoms with Crippen LogP contribution in [0.2, 0.25) is 0 Å². The number of hydrogen-bond acceptors (Lipinski definition) is 10. The summed E-state index contributed by atoms with van der Waals surface area (Å²) in [5.74, 6) is 0.155. The number of aromatic nitrogens is 5. The molecule has 6 aromatic rings. The van der Waals surface area contributed by atoms with Crippen LogP contribution in [0.3, 0.4) is 0 Å². The van der Waals surface area contributed by atoms with Crippen LogP contribution in [0.1, 0.15) is 29.5 Å². The van der Waals surface area contributed by atoms with Crippen molar-refractivity contribution in [2.24, 2.45) is 0 Å². The number of methoxy groups -OCH3 is 1. The lowest BCUT2D eigenvalue weighted by Gasteiger charge is -2.28. The van der Waals surface area contributed by atoms with E-state index in [-0.39, 0.29) is 22.9 Å². The summed E-state index contributed by atoms with van der Waals surface area (Å²) in [4.78, 5) is 39.1. The lowest BCUT2D eigenvalue weighted by molar-refractivity contribution is -0.132. The van der Waals surface area contributed by atoms with Gasteiger partial charge in [-0.2, -0.15) is 0 Å². The first-order chi connectivity index (χ1) is 19.9. The number of pyridine rings is 1. The Bertz CT molecular complexity index is 2070. The molecule has 41 heavy (non-hydrogen) atoms. The van der Waals surface area contributed by atoms with Crippen LogP contribution in [0.4, 0.5) is 0 Å². The summed E-state index contributed by atoms with van der Waals surface area (Å²) in [5, 5.41) is 5.19. The summed E-state index contributed by atoms with van der Waals surface area (Å²) < 4.78 is 25.0. The topological polar surface area (TPSA) is 131 Å². The van der Waals surface area contributed by atoms with Crippen molar-refractivity contribution >= 4 is 38.5 Å². The number of rotatable bonds is 4. The molecule has 7 rings (SSSR count). The normalized spacial score (nSPS) is 13.9. The maximum Gasteiger partial charge on any atom is 0.344 e. The molecule has 11 nitrogen and oxygen atoms in total. The number of fused-ring (bicyclic) bond motifs is 6. The molecule has 1 aliphatic heterocycles. The molecule has 12 heteroatoms. The molecule has 0 bridgehead atoms. The monoisotopic (exact) mass is 611 g/mol. The molecule has 0 fully saturated rings. The van der Waals surface area contributed by atoms with Gasteiger partial charge in [0.25, 0.3) is 0 Å². The van der Waals surface area contributed by atoms with Crippen molar-refractivity contribution in [1.29, 1.82) is 0 Å². The molecule has 1 aliphatic rings. The Hall–Kier alpha value is -5.10. The molecule has 0 saturated carbocycles. The van der Waals surface area contributed by atoms with E-state index in [1.54, 1.807) is 42.6 Å². The van der Waals surface area contributed by atoms with Crippen molar-refractivity contribution < 1.29 is 23.4 Å². The Morgan fingerprint density at radius 2 is 1.90 bits per heavy atom. The Morgan fingerprint density at radius 3 is 2.68 bits per heavy atom. The fraction of sp³-hybridized carbons (Fsp3) is 0.103. The van der Waals surface area contributed by atoms with Crippen molar-refractivity contribution in [3.63, 3.8) is 0 Å².